The van der Waals surface area contributed by atoms with Crippen LogP contribution in [0.1, 0.15) is 12.0 Å². The molecule has 1 N–H and O–H groups in total. The molecule has 3 rings (SSSR count). The van der Waals surface area contributed by atoms with Gasteiger partial charge in [0.15, 0.2) is 0 Å². The summed E-state index contributed by atoms with van der Waals surface area (Å²) in [5.41, 5.74) is 2.13. The van der Waals surface area contributed by atoms with E-state index in [0.717, 1.165) is 44.0 Å². The molecule has 2 heterocycles. The molecule has 0 aromatic heterocycles. The Morgan fingerprint density at radius 3 is 2.95 bits per heavy atom. The van der Waals surface area contributed by atoms with Crippen molar-refractivity contribution in [1.82, 2.24) is 9.80 Å². The maximum Gasteiger partial charge on any atom is 0.321 e. The summed E-state index contributed by atoms with van der Waals surface area (Å²) < 4.78 is 0. The number of rotatable bonds is 4. The molecule has 0 saturated carbocycles. The fraction of sp³-hybridized carbons (Fsp3) is 0.471. The minimum atomic E-state index is 0.0240. The molecule has 0 radical (unpaired) electrons. The average Bonchev–Trinajstić information content (AvgIpc) is 3.19. The number of thioether (sulfide) groups is 1. The topological polar surface area (TPSA) is 35.6 Å². The highest BCUT2D eigenvalue weighted by Gasteiger charge is 2.30. The van der Waals surface area contributed by atoms with Crippen molar-refractivity contribution < 1.29 is 4.79 Å². The van der Waals surface area contributed by atoms with Crippen LogP contribution in [0.2, 0.25) is 0 Å². The standard InChI is InChI=1S/C17H23N3OS/c1-22-13-14-5-4-6-15(11-14)18-17(21)20-10-7-16(12-20)19-8-2-3-9-19/h2-6,11,16H,7-10,12-13H2,1H3,(H,18,21)/t16-/m1/s1. The predicted molar refractivity (Wildman–Crippen MR) is 93.4 cm³/mol. The van der Waals surface area contributed by atoms with Gasteiger partial charge in [-0.2, -0.15) is 11.8 Å². The number of anilines is 1. The highest BCUT2D eigenvalue weighted by atomic mass is 32.2. The smallest absolute Gasteiger partial charge is 0.321 e. The van der Waals surface area contributed by atoms with E-state index < -0.39 is 0 Å². The number of likely N-dealkylation sites (tertiary alicyclic amines) is 1. The average molecular weight is 317 g/mol. The number of nitrogens with one attached hydrogen (secondary N) is 1. The van der Waals surface area contributed by atoms with Crippen molar-refractivity contribution in [3.05, 3.63) is 42.0 Å². The molecule has 2 amide bonds. The van der Waals surface area contributed by atoms with Gasteiger partial charge in [0, 0.05) is 43.7 Å². The molecule has 118 valence electrons. The molecule has 1 aromatic rings. The lowest BCUT2D eigenvalue weighted by Crippen LogP contribution is -2.38. The second-order valence-electron chi connectivity index (χ2n) is 5.88. The number of carbonyl (C=O) groups excluding carboxylic acids is 1. The SMILES string of the molecule is CSCc1cccc(NC(=O)N2CC[C@@H](N3CC=CC3)C2)c1. The Balaban J connectivity index is 1.55. The van der Waals surface area contributed by atoms with E-state index in [4.69, 9.17) is 0 Å². The number of hydrogen-bond acceptors (Lipinski definition) is 3. The van der Waals surface area contributed by atoms with E-state index in [9.17, 15) is 4.79 Å². The quantitative estimate of drug-likeness (QED) is 0.867. The van der Waals surface area contributed by atoms with Gasteiger partial charge in [-0.15, -0.1) is 0 Å². The van der Waals surface area contributed by atoms with E-state index in [2.05, 4.69) is 40.8 Å². The molecule has 4 nitrogen and oxygen atoms in total. The van der Waals surface area contributed by atoms with Gasteiger partial charge in [-0.25, -0.2) is 4.79 Å². The summed E-state index contributed by atoms with van der Waals surface area (Å²) in [7, 11) is 0. The van der Waals surface area contributed by atoms with Gasteiger partial charge in [-0.05, 0) is 30.4 Å². The van der Waals surface area contributed by atoms with Gasteiger partial charge in [0.05, 0.1) is 0 Å². The molecule has 0 bridgehead atoms. The number of benzene rings is 1. The van der Waals surface area contributed by atoms with Gasteiger partial charge in [-0.1, -0.05) is 24.3 Å². The highest BCUT2D eigenvalue weighted by Crippen LogP contribution is 2.20. The molecule has 1 atom stereocenters. The van der Waals surface area contributed by atoms with Crippen LogP contribution >= 0.6 is 11.8 Å². The number of carbonyl (C=O) groups is 1. The van der Waals surface area contributed by atoms with Crippen LogP contribution in [0.3, 0.4) is 0 Å². The van der Waals surface area contributed by atoms with E-state index in [1.54, 1.807) is 11.8 Å². The molecule has 0 aliphatic carbocycles. The van der Waals surface area contributed by atoms with Crippen LogP contribution in [0.5, 0.6) is 0 Å². The first kappa shape index (κ1) is 15.4. The fourth-order valence-corrected chi connectivity index (χ4v) is 3.64. The Kier molecular flexibility index (Phi) is 5.05. The van der Waals surface area contributed by atoms with Crippen LogP contribution in [-0.4, -0.2) is 54.3 Å². The van der Waals surface area contributed by atoms with Crippen molar-refractivity contribution >= 4 is 23.5 Å². The maximum absolute atomic E-state index is 12.4. The lowest BCUT2D eigenvalue weighted by molar-refractivity contribution is 0.212. The normalized spacial score (nSPS) is 21.5. The first-order valence-electron chi connectivity index (χ1n) is 7.79. The molecule has 22 heavy (non-hydrogen) atoms. The third-order valence-corrected chi connectivity index (χ3v) is 4.92. The Morgan fingerprint density at radius 2 is 2.18 bits per heavy atom. The molecule has 1 fully saturated rings. The van der Waals surface area contributed by atoms with Crippen molar-refractivity contribution in [2.24, 2.45) is 0 Å². The van der Waals surface area contributed by atoms with E-state index in [-0.39, 0.29) is 6.03 Å². The summed E-state index contributed by atoms with van der Waals surface area (Å²) in [6, 6.07) is 8.65. The molecular weight excluding hydrogens is 294 g/mol. The van der Waals surface area contributed by atoms with Crippen molar-refractivity contribution in [1.29, 1.82) is 0 Å². The molecule has 1 saturated heterocycles. The van der Waals surface area contributed by atoms with Crippen molar-refractivity contribution in [2.75, 3.05) is 37.8 Å². The van der Waals surface area contributed by atoms with E-state index in [0.29, 0.717) is 6.04 Å². The number of urea groups is 1. The number of nitrogens with zero attached hydrogens (tertiary/aromatic N) is 2. The van der Waals surface area contributed by atoms with E-state index in [1.807, 2.05) is 17.0 Å². The van der Waals surface area contributed by atoms with Crippen LogP contribution in [0.15, 0.2) is 36.4 Å². The monoisotopic (exact) mass is 317 g/mol. The molecule has 0 unspecified atom stereocenters. The summed E-state index contributed by atoms with van der Waals surface area (Å²) in [4.78, 5) is 16.8. The maximum atomic E-state index is 12.4. The van der Waals surface area contributed by atoms with Crippen LogP contribution in [0.25, 0.3) is 0 Å². The van der Waals surface area contributed by atoms with Crippen molar-refractivity contribution in [2.45, 2.75) is 18.2 Å². The van der Waals surface area contributed by atoms with Gasteiger partial charge < -0.3 is 10.2 Å². The Morgan fingerprint density at radius 1 is 1.36 bits per heavy atom. The zero-order valence-corrected chi connectivity index (χ0v) is 13.8. The Hall–Kier alpha value is -1.46. The summed E-state index contributed by atoms with van der Waals surface area (Å²) >= 11 is 1.79. The predicted octanol–water partition coefficient (Wildman–Crippen LogP) is 3.03. The second-order valence-corrected chi connectivity index (χ2v) is 6.74. The molecular formula is C17H23N3OS. The lowest BCUT2D eigenvalue weighted by Gasteiger charge is -2.23. The number of hydrogen-bond donors (Lipinski definition) is 1. The Labute approximate surface area is 136 Å². The van der Waals surface area contributed by atoms with E-state index in [1.165, 1.54) is 5.56 Å². The zero-order valence-electron chi connectivity index (χ0n) is 13.0. The van der Waals surface area contributed by atoms with E-state index >= 15 is 0 Å². The van der Waals surface area contributed by atoms with Crippen LogP contribution in [-0.2, 0) is 5.75 Å². The fourth-order valence-electron chi connectivity index (χ4n) is 3.12. The molecule has 0 spiro atoms. The third kappa shape index (κ3) is 3.65. The van der Waals surface area contributed by atoms with Gasteiger partial charge in [0.1, 0.15) is 0 Å². The van der Waals surface area contributed by atoms with Crippen LogP contribution < -0.4 is 5.32 Å². The summed E-state index contributed by atoms with van der Waals surface area (Å²) in [5.74, 6) is 0.970. The lowest BCUT2D eigenvalue weighted by atomic mass is 10.2. The zero-order chi connectivity index (χ0) is 15.4. The second kappa shape index (κ2) is 7.20. The molecule has 1 aromatic carbocycles. The first-order valence-corrected chi connectivity index (χ1v) is 9.18. The molecule has 2 aliphatic heterocycles. The minimum Gasteiger partial charge on any atom is -0.323 e. The van der Waals surface area contributed by atoms with Crippen LogP contribution in [0, 0.1) is 0 Å². The first-order chi connectivity index (χ1) is 10.8. The van der Waals surface area contributed by atoms with Gasteiger partial charge in [-0.3, -0.25) is 4.90 Å². The third-order valence-electron chi connectivity index (χ3n) is 4.30. The summed E-state index contributed by atoms with van der Waals surface area (Å²) in [6.45, 7) is 3.73. The van der Waals surface area contributed by atoms with Crippen molar-refractivity contribution in [3.8, 4) is 0 Å². The molecule has 2 aliphatic rings. The van der Waals surface area contributed by atoms with Gasteiger partial charge >= 0.3 is 6.03 Å². The summed E-state index contributed by atoms with van der Waals surface area (Å²) in [5, 5.41) is 3.04. The van der Waals surface area contributed by atoms with Gasteiger partial charge in [0.2, 0.25) is 0 Å². The largest absolute Gasteiger partial charge is 0.323 e. The highest BCUT2D eigenvalue weighted by molar-refractivity contribution is 7.97. The molecule has 5 heteroatoms. The number of amides is 2. The van der Waals surface area contributed by atoms with Crippen molar-refractivity contribution in [3.63, 3.8) is 0 Å². The van der Waals surface area contributed by atoms with Gasteiger partial charge in [0.25, 0.3) is 0 Å². The summed E-state index contributed by atoms with van der Waals surface area (Å²) in [6.07, 6.45) is 7.57. The van der Waals surface area contributed by atoms with Crippen LogP contribution in [0.4, 0.5) is 10.5 Å². The Bertz CT molecular complexity index is 553. The minimum absolute atomic E-state index is 0.0240.